The second-order valence-corrected chi connectivity index (χ2v) is 8.37. The minimum absolute atomic E-state index is 0.0966. The molecule has 2 aromatic carbocycles. The van der Waals surface area contributed by atoms with Crippen LogP contribution in [0.1, 0.15) is 34.8 Å². The topological polar surface area (TPSA) is 107 Å². The van der Waals surface area contributed by atoms with Crippen LogP contribution >= 0.6 is 11.8 Å². The lowest BCUT2D eigenvalue weighted by molar-refractivity contribution is -0.116. The zero-order chi connectivity index (χ0) is 22.5. The standard InChI is InChI=1S/C23H23N5O3S/c1-14-8-9-18(16(3)12-14)24-20(29)10-11-21-25-19(28-31-21)13-32-23-27-26-22(30-23)17-7-5-4-6-15(17)2/h4-9,12H,10-11,13H2,1-3H3,(H,24,29). The van der Waals surface area contributed by atoms with Crippen LogP contribution in [0.25, 0.3) is 11.5 Å². The molecule has 0 bridgehead atoms. The van der Waals surface area contributed by atoms with Crippen molar-refractivity contribution in [1.82, 2.24) is 20.3 Å². The number of aryl methyl sites for hydroxylation is 4. The summed E-state index contributed by atoms with van der Waals surface area (Å²) in [6, 6.07) is 13.7. The molecule has 9 heteroatoms. The molecular weight excluding hydrogens is 426 g/mol. The van der Waals surface area contributed by atoms with Crippen molar-refractivity contribution in [3.8, 4) is 11.5 Å². The number of nitrogens with zero attached hydrogens (tertiary/aromatic N) is 4. The summed E-state index contributed by atoms with van der Waals surface area (Å²) in [6.45, 7) is 5.99. The highest BCUT2D eigenvalue weighted by Gasteiger charge is 2.14. The number of aromatic nitrogens is 4. The van der Waals surface area contributed by atoms with Crippen molar-refractivity contribution in [2.24, 2.45) is 0 Å². The molecule has 164 valence electrons. The Morgan fingerprint density at radius 1 is 1.06 bits per heavy atom. The minimum Gasteiger partial charge on any atom is -0.411 e. The first-order valence-electron chi connectivity index (χ1n) is 10.2. The van der Waals surface area contributed by atoms with E-state index < -0.39 is 0 Å². The Bertz CT molecular complexity index is 1230. The van der Waals surface area contributed by atoms with E-state index in [1.807, 2.05) is 63.2 Å². The lowest BCUT2D eigenvalue weighted by Crippen LogP contribution is -2.13. The third kappa shape index (κ3) is 5.42. The first-order valence-corrected chi connectivity index (χ1v) is 11.2. The highest BCUT2D eigenvalue weighted by molar-refractivity contribution is 7.98. The maximum Gasteiger partial charge on any atom is 0.277 e. The van der Waals surface area contributed by atoms with Gasteiger partial charge < -0.3 is 14.3 Å². The normalized spacial score (nSPS) is 11.0. The van der Waals surface area contributed by atoms with Gasteiger partial charge in [0.1, 0.15) is 0 Å². The molecule has 2 aromatic heterocycles. The number of benzene rings is 2. The molecule has 1 N–H and O–H groups in total. The van der Waals surface area contributed by atoms with Crippen molar-refractivity contribution in [2.75, 3.05) is 5.32 Å². The van der Waals surface area contributed by atoms with Crippen LogP contribution in [0, 0.1) is 20.8 Å². The first kappa shape index (κ1) is 21.8. The van der Waals surface area contributed by atoms with Crippen LogP contribution in [0.4, 0.5) is 5.69 Å². The summed E-state index contributed by atoms with van der Waals surface area (Å²) in [5.41, 5.74) is 4.98. The van der Waals surface area contributed by atoms with Crippen molar-refractivity contribution in [1.29, 1.82) is 0 Å². The van der Waals surface area contributed by atoms with Crippen molar-refractivity contribution in [3.63, 3.8) is 0 Å². The fraction of sp³-hybridized carbons (Fsp3) is 0.261. The summed E-state index contributed by atoms with van der Waals surface area (Å²) in [6.07, 6.45) is 0.623. The lowest BCUT2D eigenvalue weighted by atomic mass is 10.1. The molecule has 0 saturated carbocycles. The van der Waals surface area contributed by atoms with E-state index in [0.29, 0.717) is 35.0 Å². The van der Waals surface area contributed by atoms with Crippen LogP contribution in [0.2, 0.25) is 0 Å². The molecule has 0 aliphatic heterocycles. The Morgan fingerprint density at radius 2 is 1.91 bits per heavy atom. The average Bonchev–Trinajstić information content (AvgIpc) is 3.43. The van der Waals surface area contributed by atoms with Gasteiger partial charge in [-0.2, -0.15) is 4.98 Å². The maximum atomic E-state index is 12.3. The van der Waals surface area contributed by atoms with E-state index in [1.165, 1.54) is 11.8 Å². The number of amides is 1. The molecule has 0 saturated heterocycles. The van der Waals surface area contributed by atoms with Gasteiger partial charge in [0.15, 0.2) is 5.82 Å². The molecule has 0 radical (unpaired) electrons. The van der Waals surface area contributed by atoms with Gasteiger partial charge in [0.05, 0.1) is 5.75 Å². The average molecular weight is 450 g/mol. The lowest BCUT2D eigenvalue weighted by Gasteiger charge is -2.08. The number of hydrogen-bond donors (Lipinski definition) is 1. The van der Waals surface area contributed by atoms with E-state index in [-0.39, 0.29) is 12.3 Å². The smallest absolute Gasteiger partial charge is 0.277 e. The Hall–Kier alpha value is -3.46. The minimum atomic E-state index is -0.0966. The fourth-order valence-corrected chi connectivity index (χ4v) is 3.76. The van der Waals surface area contributed by atoms with E-state index in [2.05, 4.69) is 25.7 Å². The van der Waals surface area contributed by atoms with Gasteiger partial charge in [0, 0.05) is 24.1 Å². The number of hydrogen-bond acceptors (Lipinski definition) is 8. The number of nitrogens with one attached hydrogen (secondary N) is 1. The number of carbonyl (C=O) groups is 1. The third-order valence-electron chi connectivity index (χ3n) is 4.84. The molecule has 32 heavy (non-hydrogen) atoms. The van der Waals surface area contributed by atoms with Crippen molar-refractivity contribution in [2.45, 2.75) is 44.6 Å². The molecule has 0 aliphatic rings. The van der Waals surface area contributed by atoms with E-state index in [4.69, 9.17) is 8.94 Å². The van der Waals surface area contributed by atoms with Gasteiger partial charge in [-0.3, -0.25) is 4.79 Å². The van der Waals surface area contributed by atoms with Gasteiger partial charge >= 0.3 is 0 Å². The van der Waals surface area contributed by atoms with E-state index in [1.54, 1.807) is 0 Å². The molecule has 2 heterocycles. The van der Waals surface area contributed by atoms with Crippen LogP contribution in [0.15, 0.2) is 56.6 Å². The van der Waals surface area contributed by atoms with Crippen molar-refractivity contribution < 1.29 is 13.7 Å². The zero-order valence-electron chi connectivity index (χ0n) is 18.1. The molecule has 8 nitrogen and oxygen atoms in total. The number of carbonyl (C=O) groups excluding carboxylic acids is 1. The largest absolute Gasteiger partial charge is 0.411 e. The van der Waals surface area contributed by atoms with Gasteiger partial charge in [-0.25, -0.2) is 0 Å². The molecule has 0 atom stereocenters. The van der Waals surface area contributed by atoms with Gasteiger partial charge in [-0.1, -0.05) is 52.8 Å². The van der Waals surface area contributed by atoms with Crippen LogP contribution in [0.5, 0.6) is 0 Å². The third-order valence-corrected chi connectivity index (χ3v) is 5.65. The number of thioether (sulfide) groups is 1. The Balaban J connectivity index is 1.27. The molecule has 0 aliphatic carbocycles. The molecule has 4 aromatic rings. The zero-order valence-corrected chi connectivity index (χ0v) is 18.9. The summed E-state index contributed by atoms with van der Waals surface area (Å²) in [5.74, 6) is 1.74. The Labute approximate surface area is 189 Å². The van der Waals surface area contributed by atoms with Gasteiger partial charge in [0.2, 0.25) is 17.7 Å². The summed E-state index contributed by atoms with van der Waals surface area (Å²) in [5, 5.41) is 15.5. The highest BCUT2D eigenvalue weighted by atomic mass is 32.2. The van der Waals surface area contributed by atoms with E-state index in [0.717, 1.165) is 27.9 Å². The first-order chi connectivity index (χ1) is 15.5. The molecule has 4 rings (SSSR count). The van der Waals surface area contributed by atoms with E-state index in [9.17, 15) is 4.79 Å². The fourth-order valence-electron chi connectivity index (χ4n) is 3.15. The summed E-state index contributed by atoms with van der Waals surface area (Å²) in [4.78, 5) is 16.6. The van der Waals surface area contributed by atoms with Gasteiger partial charge in [0.25, 0.3) is 5.22 Å². The summed E-state index contributed by atoms with van der Waals surface area (Å²) >= 11 is 1.33. The Kier molecular flexibility index (Phi) is 6.65. The monoisotopic (exact) mass is 449 g/mol. The van der Waals surface area contributed by atoms with E-state index >= 15 is 0 Å². The second kappa shape index (κ2) is 9.78. The highest BCUT2D eigenvalue weighted by Crippen LogP contribution is 2.27. The number of rotatable bonds is 8. The Morgan fingerprint density at radius 3 is 2.72 bits per heavy atom. The van der Waals surface area contributed by atoms with Crippen molar-refractivity contribution >= 4 is 23.4 Å². The molecule has 1 amide bonds. The quantitative estimate of drug-likeness (QED) is 0.378. The molecule has 0 spiro atoms. The van der Waals surface area contributed by atoms with Crippen LogP contribution < -0.4 is 5.32 Å². The second-order valence-electron chi connectivity index (χ2n) is 7.45. The SMILES string of the molecule is Cc1ccc(NC(=O)CCc2nc(CSc3nnc(-c4ccccc4C)o3)no2)c(C)c1. The maximum absolute atomic E-state index is 12.3. The van der Waals surface area contributed by atoms with Crippen molar-refractivity contribution in [3.05, 3.63) is 70.9 Å². The molecule has 0 fully saturated rings. The molecular formula is C23H23N5O3S. The summed E-state index contributed by atoms with van der Waals surface area (Å²) < 4.78 is 11.0. The number of anilines is 1. The van der Waals surface area contributed by atoms with Crippen LogP contribution in [-0.2, 0) is 17.0 Å². The van der Waals surface area contributed by atoms with Gasteiger partial charge in [-0.05, 0) is 44.0 Å². The van der Waals surface area contributed by atoms with Crippen LogP contribution in [0.3, 0.4) is 0 Å². The van der Waals surface area contributed by atoms with Crippen LogP contribution in [-0.4, -0.2) is 26.2 Å². The predicted molar refractivity (Wildman–Crippen MR) is 121 cm³/mol. The summed E-state index contributed by atoms with van der Waals surface area (Å²) in [7, 11) is 0. The molecule has 0 unspecified atom stereocenters. The predicted octanol–water partition coefficient (Wildman–Crippen LogP) is 4.91. The van der Waals surface area contributed by atoms with Gasteiger partial charge in [-0.15, -0.1) is 10.2 Å².